The molecule has 0 aliphatic carbocycles. The van der Waals surface area contributed by atoms with Crippen LogP contribution in [-0.4, -0.2) is 24.0 Å². The molecule has 22 heavy (non-hydrogen) atoms. The Bertz CT molecular complexity index is 324. The Morgan fingerprint density at radius 2 is 1.23 bits per heavy atom. The van der Waals surface area contributed by atoms with E-state index in [0.717, 1.165) is 6.04 Å². The average Bonchev–Trinajstić information content (AvgIpc) is 2.84. The van der Waals surface area contributed by atoms with Crippen LogP contribution in [0.1, 0.15) is 79.9 Å². The zero-order valence-corrected chi connectivity index (χ0v) is 16.2. The molecule has 2 rings (SSSR count). The number of likely N-dealkylation sites (tertiary alicyclic amines) is 1. The zero-order chi connectivity index (χ0) is 13.5. The van der Waals surface area contributed by atoms with E-state index in [1.165, 1.54) is 37.1 Å². The Kier molecular flexibility index (Phi) is 22.2. The number of hydrogen-bond donors (Lipinski definition) is 0. The molecule has 1 aliphatic rings. The second-order valence-electron chi connectivity index (χ2n) is 5.90. The van der Waals surface area contributed by atoms with E-state index in [4.69, 9.17) is 0 Å². The van der Waals surface area contributed by atoms with Gasteiger partial charge in [0.2, 0.25) is 0 Å². The quantitative estimate of drug-likeness (QED) is 0.561. The van der Waals surface area contributed by atoms with Crippen molar-refractivity contribution in [3.05, 3.63) is 35.4 Å². The molecule has 0 aromatic heterocycles. The van der Waals surface area contributed by atoms with Gasteiger partial charge in [0.05, 0.1) is 0 Å². The van der Waals surface area contributed by atoms with Crippen molar-refractivity contribution < 1.29 is 32.7 Å². The number of nitrogens with zero attached hydrogens (tertiary/aromatic N) is 1. The van der Waals surface area contributed by atoms with E-state index in [-0.39, 0.29) is 55.0 Å². The van der Waals surface area contributed by atoms with Crippen LogP contribution in [0.3, 0.4) is 0 Å². The summed E-state index contributed by atoms with van der Waals surface area (Å²) in [7, 11) is 0. The summed E-state index contributed by atoms with van der Waals surface area (Å²) in [6.07, 6.45) is 2.83. The van der Waals surface area contributed by atoms with Crippen molar-refractivity contribution in [1.29, 1.82) is 0 Å². The fraction of sp³-hybridized carbons (Fsp3) is 0.700. The van der Waals surface area contributed by atoms with Crippen LogP contribution in [0.15, 0.2) is 24.3 Å². The van der Waals surface area contributed by atoms with E-state index in [1.54, 1.807) is 0 Å². The van der Waals surface area contributed by atoms with Crippen molar-refractivity contribution in [1.82, 2.24) is 4.90 Å². The van der Waals surface area contributed by atoms with Gasteiger partial charge in [-0.2, -0.15) is 0 Å². The van der Waals surface area contributed by atoms with Crippen LogP contribution < -0.4 is 0 Å². The van der Waals surface area contributed by atoms with E-state index >= 15 is 0 Å². The summed E-state index contributed by atoms with van der Waals surface area (Å²) in [6.45, 7) is 13.7. The molecule has 0 saturated carbocycles. The van der Waals surface area contributed by atoms with Crippen molar-refractivity contribution >= 4 is 0 Å². The Morgan fingerprint density at radius 3 is 1.50 bits per heavy atom. The third-order valence-corrected chi connectivity index (χ3v) is 3.61. The maximum Gasteiger partial charge on any atom is 0.00385 e. The minimum atomic E-state index is 0. The molecule has 1 aromatic rings. The zero-order valence-electron chi connectivity index (χ0n) is 13.3. The van der Waals surface area contributed by atoms with Crippen LogP contribution in [0.2, 0.25) is 0 Å². The van der Waals surface area contributed by atoms with Crippen molar-refractivity contribution in [2.24, 2.45) is 0 Å². The molecular weight excluding hydrogens is 343 g/mol. The Hall–Kier alpha value is 0.284. The summed E-state index contributed by atoms with van der Waals surface area (Å²) in [4.78, 5) is 2.53. The van der Waals surface area contributed by atoms with Gasteiger partial charge in [-0.25, -0.2) is 0 Å². The smallest absolute Gasteiger partial charge is 0.00385 e. The molecule has 0 N–H and O–H groups in total. The van der Waals surface area contributed by atoms with Crippen LogP contribution in [0.4, 0.5) is 0 Å². The predicted octanol–water partition coefficient (Wildman–Crippen LogP) is 6.51. The van der Waals surface area contributed by atoms with Crippen molar-refractivity contribution in [2.45, 2.75) is 81.7 Å². The van der Waals surface area contributed by atoms with Crippen molar-refractivity contribution in [3.63, 3.8) is 0 Å². The normalized spacial score (nSPS) is 13.0. The minimum Gasteiger partial charge on any atom is -0.301 e. The maximum atomic E-state index is 2.53. The second kappa shape index (κ2) is 16.2. The Morgan fingerprint density at radius 1 is 0.818 bits per heavy atom. The fourth-order valence-electron chi connectivity index (χ4n) is 2.21. The Balaban J connectivity index is -0.000000126. The topological polar surface area (TPSA) is 3.24 Å². The van der Waals surface area contributed by atoms with Crippen LogP contribution in [0, 0.1) is 6.92 Å². The first-order valence-electron chi connectivity index (χ1n) is 7.31. The molecule has 0 unspecified atom stereocenters. The third-order valence-electron chi connectivity index (χ3n) is 3.61. The van der Waals surface area contributed by atoms with Gasteiger partial charge in [0, 0.05) is 38.8 Å². The van der Waals surface area contributed by atoms with Crippen LogP contribution in [0.25, 0.3) is 0 Å². The summed E-state index contributed by atoms with van der Waals surface area (Å²) in [5, 5.41) is 0. The summed E-state index contributed by atoms with van der Waals surface area (Å²) in [5.74, 6) is 0.653. The van der Waals surface area contributed by atoms with Gasteiger partial charge in [-0.15, -0.1) is 0 Å². The van der Waals surface area contributed by atoms with Gasteiger partial charge in [0.1, 0.15) is 0 Å². The van der Waals surface area contributed by atoms with E-state index in [9.17, 15) is 0 Å². The predicted molar refractivity (Wildman–Crippen MR) is 101 cm³/mol. The molecular formula is C20H41NY. The average molecular weight is 384 g/mol. The minimum absolute atomic E-state index is 0. The van der Waals surface area contributed by atoms with Gasteiger partial charge in [-0.3, -0.25) is 0 Å². The molecule has 1 fully saturated rings. The van der Waals surface area contributed by atoms with Crippen molar-refractivity contribution in [3.8, 4) is 0 Å². The van der Waals surface area contributed by atoms with Gasteiger partial charge in [0.25, 0.3) is 0 Å². The first-order chi connectivity index (χ1) is 8.50. The molecule has 1 saturated heterocycles. The van der Waals surface area contributed by atoms with E-state index in [0.29, 0.717) is 5.92 Å². The number of rotatable bonds is 2. The molecule has 1 radical (unpaired) electrons. The molecule has 129 valence electrons. The molecule has 1 nitrogen and oxygen atoms in total. The summed E-state index contributed by atoms with van der Waals surface area (Å²) in [5.41, 5.74) is 2.76. The largest absolute Gasteiger partial charge is 0.301 e. The van der Waals surface area contributed by atoms with Gasteiger partial charge in [-0.1, -0.05) is 66.0 Å². The number of benzene rings is 1. The summed E-state index contributed by atoms with van der Waals surface area (Å²) >= 11 is 0. The van der Waals surface area contributed by atoms with E-state index < -0.39 is 0 Å². The van der Waals surface area contributed by atoms with Gasteiger partial charge in [0.15, 0.2) is 0 Å². The Labute approximate surface area is 167 Å². The van der Waals surface area contributed by atoms with E-state index in [1.807, 2.05) is 0 Å². The van der Waals surface area contributed by atoms with Crippen molar-refractivity contribution in [2.75, 3.05) is 13.1 Å². The van der Waals surface area contributed by atoms with Gasteiger partial charge >= 0.3 is 0 Å². The molecule has 0 atom stereocenters. The first kappa shape index (κ1) is 30.2. The number of hydrogen-bond acceptors (Lipinski definition) is 1. The molecule has 0 amide bonds. The standard InChI is InChI=1S/C10H14.C7H15N.3CH4.Y/c1-8(2)10-6-4-9(3)5-7-10;1-7(2)8-5-3-4-6-8;;;;/h4-8H,1-3H3;7H,3-6H2,1-2H3;3*1H4;. The number of aryl methyl sites for hydroxylation is 1. The fourth-order valence-corrected chi connectivity index (χ4v) is 2.21. The summed E-state index contributed by atoms with van der Waals surface area (Å²) in [6, 6.07) is 9.49. The van der Waals surface area contributed by atoms with Crippen LogP contribution >= 0.6 is 0 Å². The van der Waals surface area contributed by atoms with E-state index in [2.05, 4.69) is 63.8 Å². The van der Waals surface area contributed by atoms with Crippen LogP contribution in [-0.2, 0) is 32.7 Å². The SMILES string of the molecule is C.C.C.CC(C)N1CCCC1.Cc1ccc(C(C)C)cc1.[Y]. The maximum absolute atomic E-state index is 2.53. The molecule has 0 bridgehead atoms. The molecule has 1 aliphatic heterocycles. The third kappa shape index (κ3) is 11.8. The molecule has 1 heterocycles. The first-order valence-corrected chi connectivity index (χ1v) is 7.31. The monoisotopic (exact) mass is 384 g/mol. The van der Waals surface area contributed by atoms with Crippen LogP contribution in [0.5, 0.6) is 0 Å². The molecule has 1 aromatic carbocycles. The summed E-state index contributed by atoms with van der Waals surface area (Å²) < 4.78 is 0. The molecule has 2 heteroatoms. The van der Waals surface area contributed by atoms with Gasteiger partial charge in [-0.05, 0) is 58.2 Å². The molecule has 0 spiro atoms. The second-order valence-corrected chi connectivity index (χ2v) is 5.90. The van der Waals surface area contributed by atoms with Gasteiger partial charge < -0.3 is 4.90 Å².